The van der Waals surface area contributed by atoms with Crippen molar-refractivity contribution in [3.05, 3.63) is 100 Å². The maximum atomic E-state index is 13.8. The Hall–Kier alpha value is -4.53. The molecule has 2 heterocycles. The average Bonchev–Trinajstić information content (AvgIpc) is 3.31. The lowest BCUT2D eigenvalue weighted by Crippen LogP contribution is -2.39. The van der Waals surface area contributed by atoms with Crippen LogP contribution in [0.5, 0.6) is 5.75 Å². The van der Waals surface area contributed by atoms with Crippen molar-refractivity contribution in [3.8, 4) is 5.75 Å². The first-order valence-corrected chi connectivity index (χ1v) is 15.2. The molecule has 49 heavy (non-hydrogen) atoms. The number of aromatic hydroxyl groups is 1. The highest BCUT2D eigenvalue weighted by Gasteiger charge is 2.55. The number of carbonyl (C=O) groups is 2. The first-order chi connectivity index (χ1) is 23.1. The van der Waals surface area contributed by atoms with Gasteiger partial charge >= 0.3 is 12.4 Å². The maximum Gasteiger partial charge on any atom is 0.416 e. The van der Waals surface area contributed by atoms with E-state index in [2.05, 4.69) is 4.98 Å². The number of amides is 2. The first kappa shape index (κ1) is 35.8. The molecule has 1 saturated heterocycles. The number of nitrogens with zero attached hydrogens (tertiary/aromatic N) is 2. The van der Waals surface area contributed by atoms with Gasteiger partial charge in [-0.25, -0.2) is 4.90 Å². The fourth-order valence-corrected chi connectivity index (χ4v) is 6.66. The third-order valence-electron chi connectivity index (χ3n) is 8.84. The highest BCUT2D eigenvalue weighted by Crippen LogP contribution is 2.48. The second-order valence-corrected chi connectivity index (χ2v) is 11.9. The molecule has 4 atom stereocenters. The van der Waals surface area contributed by atoms with Crippen LogP contribution in [0.25, 0.3) is 11.6 Å². The normalized spacial score (nSPS) is 21.0. The number of phenols is 1. The van der Waals surface area contributed by atoms with Crippen LogP contribution in [0.4, 0.5) is 32.0 Å². The standard InChI is InChI=1S/C35H32F6N2O6/c1-49-18-21-13-25-31(33(48)43(32(25)47)24-15-22(34(36,37)38)14-23(16-24)35(39,40)41)26(17-44)30(21)29(46)10-9-19(27-7-4-5-11-42-27)12-20-6-2-3-8-28(20)45/h2-8,11-12,14-16,25-26,29,31,44-46H,9-10,13,17-18H2,1H3/b19-12-/t25-,26+,29-,31-/m1/s1. The van der Waals surface area contributed by atoms with E-state index in [0.717, 1.165) is 0 Å². The van der Waals surface area contributed by atoms with Crippen molar-refractivity contribution in [1.82, 2.24) is 4.98 Å². The minimum absolute atomic E-state index is 0.0114. The largest absolute Gasteiger partial charge is 0.507 e. The molecule has 0 unspecified atom stereocenters. The monoisotopic (exact) mass is 690 g/mol. The molecule has 0 spiro atoms. The van der Waals surface area contributed by atoms with Gasteiger partial charge in [-0.1, -0.05) is 24.3 Å². The fraction of sp³-hybridized carbons (Fsp3) is 0.343. The number of phenolic OH excluding ortho intramolecular Hbond substituents is 1. The Morgan fingerprint density at radius 2 is 1.65 bits per heavy atom. The highest BCUT2D eigenvalue weighted by molar-refractivity contribution is 6.22. The van der Waals surface area contributed by atoms with Crippen LogP contribution < -0.4 is 4.90 Å². The summed E-state index contributed by atoms with van der Waals surface area (Å²) < 4.78 is 87.1. The predicted octanol–water partition coefficient (Wildman–Crippen LogP) is 6.27. The van der Waals surface area contributed by atoms with Crippen LogP contribution in [-0.2, 0) is 26.7 Å². The van der Waals surface area contributed by atoms with E-state index in [9.17, 15) is 51.3 Å². The molecule has 5 rings (SSSR count). The van der Waals surface area contributed by atoms with Crippen molar-refractivity contribution < 1.29 is 56.0 Å². The zero-order valence-electron chi connectivity index (χ0n) is 26.0. The summed E-state index contributed by atoms with van der Waals surface area (Å²) in [6.45, 7) is -0.888. The molecule has 3 N–H and O–H groups in total. The molecule has 8 nitrogen and oxygen atoms in total. The summed E-state index contributed by atoms with van der Waals surface area (Å²) in [4.78, 5) is 32.1. The van der Waals surface area contributed by atoms with Crippen molar-refractivity contribution in [3.63, 3.8) is 0 Å². The topological polar surface area (TPSA) is 120 Å². The maximum absolute atomic E-state index is 13.8. The number of fused-ring (bicyclic) bond motifs is 1. The van der Waals surface area contributed by atoms with E-state index in [1.807, 2.05) is 0 Å². The van der Waals surface area contributed by atoms with Gasteiger partial charge in [0.25, 0.3) is 0 Å². The SMILES string of the molecule is COCC1=C([C@H](O)CC/C(=C/c2ccccc2O)c2ccccn2)[C@H](CO)[C@@H]2C(=O)N(c3cc(C(F)(F)F)cc(C(F)(F)F)c3)C(=O)[C@@H]2C1. The van der Waals surface area contributed by atoms with Gasteiger partial charge in [0, 0.05) is 24.8 Å². The van der Waals surface area contributed by atoms with Crippen molar-refractivity contribution >= 4 is 29.2 Å². The number of methoxy groups -OCH3 is 1. The van der Waals surface area contributed by atoms with E-state index in [1.165, 1.54) is 13.2 Å². The number of alkyl halides is 6. The number of benzene rings is 2. The van der Waals surface area contributed by atoms with Gasteiger partial charge in [-0.3, -0.25) is 14.6 Å². The zero-order chi connectivity index (χ0) is 35.7. The van der Waals surface area contributed by atoms with Gasteiger partial charge in [0.2, 0.25) is 11.8 Å². The Balaban J connectivity index is 1.49. The number of imide groups is 1. The molecule has 0 bridgehead atoms. The summed E-state index contributed by atoms with van der Waals surface area (Å²) in [6, 6.07) is 12.3. The molecule has 0 saturated carbocycles. The van der Waals surface area contributed by atoms with E-state index in [0.29, 0.717) is 39.4 Å². The molecule has 3 aromatic rings. The lowest BCUT2D eigenvalue weighted by atomic mass is 9.68. The number of pyridine rings is 1. The second kappa shape index (κ2) is 14.1. The number of aliphatic hydroxyl groups is 2. The molecule has 0 radical (unpaired) electrons. The molecule has 260 valence electrons. The summed E-state index contributed by atoms with van der Waals surface area (Å²) in [5, 5.41) is 32.5. The minimum Gasteiger partial charge on any atom is -0.507 e. The Kier molecular flexibility index (Phi) is 10.3. The van der Waals surface area contributed by atoms with Crippen LogP contribution >= 0.6 is 0 Å². The van der Waals surface area contributed by atoms with Crippen molar-refractivity contribution in [2.75, 3.05) is 25.2 Å². The number of rotatable bonds is 10. The molecule has 2 amide bonds. The van der Waals surface area contributed by atoms with Crippen LogP contribution in [0, 0.1) is 17.8 Å². The van der Waals surface area contributed by atoms with Crippen molar-refractivity contribution in [2.45, 2.75) is 37.7 Å². The molecular weight excluding hydrogens is 658 g/mol. The van der Waals surface area contributed by atoms with Gasteiger partial charge < -0.3 is 20.1 Å². The van der Waals surface area contributed by atoms with Crippen LogP contribution in [0.15, 0.2) is 78.0 Å². The van der Waals surface area contributed by atoms with E-state index in [4.69, 9.17) is 4.74 Å². The number of allylic oxidation sites excluding steroid dienone is 1. The Bertz CT molecular complexity index is 1740. The molecule has 14 heteroatoms. The number of hydrogen-bond donors (Lipinski definition) is 3. The quantitative estimate of drug-likeness (QED) is 0.130. The molecule has 1 aliphatic heterocycles. The van der Waals surface area contributed by atoms with Crippen LogP contribution in [0.1, 0.15) is 41.6 Å². The number of aliphatic hydroxyl groups excluding tert-OH is 2. The molecule has 1 fully saturated rings. The lowest BCUT2D eigenvalue weighted by Gasteiger charge is -2.36. The second-order valence-electron chi connectivity index (χ2n) is 11.9. The van der Waals surface area contributed by atoms with Gasteiger partial charge in [0.05, 0.1) is 53.7 Å². The number of anilines is 1. The Morgan fingerprint density at radius 3 is 2.22 bits per heavy atom. The third-order valence-corrected chi connectivity index (χ3v) is 8.84. The molecule has 1 aromatic heterocycles. The van der Waals surface area contributed by atoms with Gasteiger partial charge in [0.15, 0.2) is 0 Å². The van der Waals surface area contributed by atoms with Gasteiger partial charge in [0.1, 0.15) is 5.75 Å². The van der Waals surface area contributed by atoms with Crippen molar-refractivity contribution in [2.24, 2.45) is 17.8 Å². The first-order valence-electron chi connectivity index (χ1n) is 15.2. The number of ether oxygens (including phenoxy) is 1. The van der Waals surface area contributed by atoms with E-state index in [1.54, 1.807) is 48.7 Å². The Morgan fingerprint density at radius 1 is 1.00 bits per heavy atom. The summed E-state index contributed by atoms with van der Waals surface area (Å²) in [6.07, 6.45) is -8.45. The van der Waals surface area contributed by atoms with E-state index >= 15 is 0 Å². The van der Waals surface area contributed by atoms with E-state index < -0.39 is 71.4 Å². The van der Waals surface area contributed by atoms with Crippen LogP contribution in [0.2, 0.25) is 0 Å². The van der Waals surface area contributed by atoms with Crippen LogP contribution in [0.3, 0.4) is 0 Å². The van der Waals surface area contributed by atoms with Crippen LogP contribution in [-0.4, -0.2) is 58.5 Å². The fourth-order valence-electron chi connectivity index (χ4n) is 6.66. The number of hydrogen-bond acceptors (Lipinski definition) is 7. The summed E-state index contributed by atoms with van der Waals surface area (Å²) in [7, 11) is 1.35. The van der Waals surface area contributed by atoms with Gasteiger partial charge in [-0.05, 0) is 78.5 Å². The van der Waals surface area contributed by atoms with Gasteiger partial charge in [-0.15, -0.1) is 0 Å². The number of carbonyl (C=O) groups excluding carboxylic acids is 2. The summed E-state index contributed by atoms with van der Waals surface area (Å²) in [5.74, 6) is -5.91. The Labute approximate surface area is 277 Å². The molecule has 1 aliphatic carbocycles. The molecule has 2 aromatic carbocycles. The number of halogens is 6. The average molecular weight is 691 g/mol. The van der Waals surface area contributed by atoms with E-state index in [-0.39, 0.29) is 43.3 Å². The predicted molar refractivity (Wildman–Crippen MR) is 165 cm³/mol. The smallest absolute Gasteiger partial charge is 0.416 e. The lowest BCUT2D eigenvalue weighted by molar-refractivity contribution is -0.143. The zero-order valence-corrected chi connectivity index (χ0v) is 26.0. The number of aromatic nitrogens is 1. The third kappa shape index (κ3) is 7.41. The van der Waals surface area contributed by atoms with Gasteiger partial charge in [-0.2, -0.15) is 26.3 Å². The highest BCUT2D eigenvalue weighted by atomic mass is 19.4. The molecule has 2 aliphatic rings. The summed E-state index contributed by atoms with van der Waals surface area (Å²) >= 11 is 0. The molecular formula is C35H32F6N2O6. The summed E-state index contributed by atoms with van der Waals surface area (Å²) in [5.41, 5.74) is -2.02. The van der Waals surface area contributed by atoms with Crippen molar-refractivity contribution in [1.29, 1.82) is 0 Å². The minimum atomic E-state index is -5.21. The number of para-hydroxylation sites is 1.